The molecule has 1 saturated carbocycles. The highest BCUT2D eigenvalue weighted by molar-refractivity contribution is 7.12. The van der Waals surface area contributed by atoms with Gasteiger partial charge in [0.15, 0.2) is 0 Å². The van der Waals surface area contributed by atoms with Gasteiger partial charge in [0.25, 0.3) is 5.91 Å². The lowest BCUT2D eigenvalue weighted by molar-refractivity contribution is -0.143. The number of hydrogen-bond donors (Lipinski definition) is 3. The Labute approximate surface area is 139 Å². The predicted octanol–water partition coefficient (Wildman–Crippen LogP) is 2.02. The summed E-state index contributed by atoms with van der Waals surface area (Å²) in [7, 11) is 0. The Kier molecular flexibility index (Phi) is 6.58. The van der Waals surface area contributed by atoms with Crippen LogP contribution in [0.1, 0.15) is 48.2 Å². The third-order valence-electron chi connectivity index (χ3n) is 4.06. The molecule has 126 valence electrons. The summed E-state index contributed by atoms with van der Waals surface area (Å²) in [5.41, 5.74) is 0. The summed E-state index contributed by atoms with van der Waals surface area (Å²) >= 11 is 1.35. The highest BCUT2D eigenvalue weighted by Crippen LogP contribution is 2.23. The largest absolute Gasteiger partial charge is 0.481 e. The normalized spacial score (nSPS) is 21.2. The van der Waals surface area contributed by atoms with Crippen molar-refractivity contribution >= 4 is 29.1 Å². The molecule has 0 unspecified atom stereocenters. The van der Waals surface area contributed by atoms with Gasteiger partial charge in [0.05, 0.1) is 10.8 Å². The molecule has 7 heteroatoms. The topological polar surface area (TPSA) is 95.5 Å². The number of amides is 2. The standard InChI is InChI=1S/C16H22N2O4S/c19-14(8-9-17-15(20)13-7-4-10-23-13)18-12-6-3-1-2-5-11(12)16(21)22/h4,7,10-12H,1-3,5-6,8-9H2,(H,17,20)(H,18,19)(H,21,22)/t11-,12+/m1/s1. The van der Waals surface area contributed by atoms with Crippen molar-refractivity contribution in [2.75, 3.05) is 6.54 Å². The molecule has 0 saturated heterocycles. The molecule has 1 aliphatic rings. The molecule has 2 amide bonds. The number of hydrogen-bond acceptors (Lipinski definition) is 4. The Morgan fingerprint density at radius 1 is 1.22 bits per heavy atom. The van der Waals surface area contributed by atoms with Crippen LogP contribution in [0, 0.1) is 5.92 Å². The fraction of sp³-hybridized carbons (Fsp3) is 0.562. The molecule has 3 N–H and O–H groups in total. The van der Waals surface area contributed by atoms with E-state index in [4.69, 9.17) is 0 Å². The lowest BCUT2D eigenvalue weighted by atomic mass is 9.95. The molecule has 1 aliphatic carbocycles. The Hall–Kier alpha value is -1.89. The third kappa shape index (κ3) is 5.35. The van der Waals surface area contributed by atoms with E-state index in [1.165, 1.54) is 11.3 Å². The molecule has 1 heterocycles. The van der Waals surface area contributed by atoms with E-state index in [2.05, 4.69) is 10.6 Å². The van der Waals surface area contributed by atoms with E-state index in [0.29, 0.717) is 17.7 Å². The van der Waals surface area contributed by atoms with Gasteiger partial charge in [-0.3, -0.25) is 14.4 Å². The van der Waals surface area contributed by atoms with Gasteiger partial charge in [-0.1, -0.05) is 25.3 Å². The summed E-state index contributed by atoms with van der Waals surface area (Å²) in [5, 5.41) is 16.6. The molecule has 2 atom stereocenters. The number of carbonyl (C=O) groups excluding carboxylic acids is 2. The van der Waals surface area contributed by atoms with Crippen molar-refractivity contribution < 1.29 is 19.5 Å². The quantitative estimate of drug-likeness (QED) is 0.692. The molecule has 0 aromatic carbocycles. The summed E-state index contributed by atoms with van der Waals surface area (Å²) < 4.78 is 0. The van der Waals surface area contributed by atoms with E-state index in [1.807, 2.05) is 5.38 Å². The minimum absolute atomic E-state index is 0.153. The van der Waals surface area contributed by atoms with Gasteiger partial charge in [-0.2, -0.15) is 0 Å². The number of carboxylic acids is 1. The second-order valence-corrected chi connectivity index (χ2v) is 6.69. The van der Waals surface area contributed by atoms with Crippen molar-refractivity contribution in [3.63, 3.8) is 0 Å². The van der Waals surface area contributed by atoms with Gasteiger partial charge in [0.1, 0.15) is 0 Å². The molecule has 1 fully saturated rings. The molecule has 23 heavy (non-hydrogen) atoms. The van der Waals surface area contributed by atoms with E-state index in [1.54, 1.807) is 12.1 Å². The number of rotatable bonds is 6. The van der Waals surface area contributed by atoms with Crippen LogP contribution in [0.5, 0.6) is 0 Å². The number of nitrogens with one attached hydrogen (secondary N) is 2. The van der Waals surface area contributed by atoms with Gasteiger partial charge in [-0.05, 0) is 24.3 Å². The van der Waals surface area contributed by atoms with Crippen molar-refractivity contribution in [2.45, 2.75) is 44.6 Å². The molecule has 0 spiro atoms. The zero-order valence-corrected chi connectivity index (χ0v) is 13.7. The van der Waals surface area contributed by atoms with E-state index in [-0.39, 0.29) is 30.8 Å². The Bertz CT molecular complexity index is 544. The second-order valence-electron chi connectivity index (χ2n) is 5.74. The van der Waals surface area contributed by atoms with Crippen molar-refractivity contribution in [3.8, 4) is 0 Å². The van der Waals surface area contributed by atoms with Crippen LogP contribution in [0.25, 0.3) is 0 Å². The zero-order valence-electron chi connectivity index (χ0n) is 12.9. The summed E-state index contributed by atoms with van der Waals surface area (Å²) in [6.07, 6.45) is 4.29. The summed E-state index contributed by atoms with van der Waals surface area (Å²) in [6.45, 7) is 0.243. The minimum Gasteiger partial charge on any atom is -0.481 e. The smallest absolute Gasteiger partial charge is 0.308 e. The van der Waals surface area contributed by atoms with Gasteiger partial charge < -0.3 is 15.7 Å². The Balaban J connectivity index is 1.76. The van der Waals surface area contributed by atoms with E-state index >= 15 is 0 Å². The van der Waals surface area contributed by atoms with Crippen LogP contribution in [0.3, 0.4) is 0 Å². The molecule has 0 radical (unpaired) electrons. The monoisotopic (exact) mass is 338 g/mol. The fourth-order valence-corrected chi connectivity index (χ4v) is 3.48. The van der Waals surface area contributed by atoms with Crippen molar-refractivity contribution in [1.82, 2.24) is 10.6 Å². The average molecular weight is 338 g/mol. The van der Waals surface area contributed by atoms with Crippen LogP contribution in [-0.2, 0) is 9.59 Å². The van der Waals surface area contributed by atoms with Crippen LogP contribution in [-0.4, -0.2) is 35.5 Å². The van der Waals surface area contributed by atoms with Gasteiger partial charge in [0.2, 0.25) is 5.91 Å². The number of carboxylic acid groups (broad SMARTS) is 1. The molecule has 2 rings (SSSR count). The molecule has 1 aromatic heterocycles. The molecule has 0 bridgehead atoms. The fourth-order valence-electron chi connectivity index (χ4n) is 2.84. The van der Waals surface area contributed by atoms with Crippen LogP contribution >= 0.6 is 11.3 Å². The van der Waals surface area contributed by atoms with Gasteiger partial charge in [-0.25, -0.2) is 0 Å². The highest BCUT2D eigenvalue weighted by atomic mass is 32.1. The maximum atomic E-state index is 12.0. The first-order chi connectivity index (χ1) is 11.1. The van der Waals surface area contributed by atoms with Crippen LogP contribution in [0.15, 0.2) is 17.5 Å². The average Bonchev–Trinajstić information content (AvgIpc) is 2.94. The lowest BCUT2D eigenvalue weighted by Gasteiger charge is -2.22. The van der Waals surface area contributed by atoms with E-state index < -0.39 is 11.9 Å². The number of thiophene rings is 1. The van der Waals surface area contributed by atoms with Crippen LogP contribution in [0.2, 0.25) is 0 Å². The van der Waals surface area contributed by atoms with Gasteiger partial charge in [-0.15, -0.1) is 11.3 Å². The predicted molar refractivity (Wildman–Crippen MR) is 87.4 cm³/mol. The Morgan fingerprint density at radius 2 is 2.00 bits per heavy atom. The number of aliphatic carboxylic acids is 1. The summed E-state index contributed by atoms with van der Waals surface area (Å²) in [4.78, 5) is 35.7. The SMILES string of the molecule is O=C(CCNC(=O)c1cccs1)N[C@H]1CCCCC[C@H]1C(=O)O. The summed E-state index contributed by atoms with van der Waals surface area (Å²) in [6, 6.07) is 3.21. The van der Waals surface area contributed by atoms with Crippen LogP contribution in [0.4, 0.5) is 0 Å². The van der Waals surface area contributed by atoms with E-state index in [0.717, 1.165) is 19.3 Å². The third-order valence-corrected chi connectivity index (χ3v) is 4.93. The first kappa shape index (κ1) is 17.5. The minimum atomic E-state index is -0.844. The maximum absolute atomic E-state index is 12.0. The molecular weight excluding hydrogens is 316 g/mol. The Morgan fingerprint density at radius 3 is 2.70 bits per heavy atom. The first-order valence-electron chi connectivity index (χ1n) is 7.92. The molecule has 1 aromatic rings. The van der Waals surface area contributed by atoms with Crippen molar-refractivity contribution in [2.24, 2.45) is 5.92 Å². The second kappa shape index (κ2) is 8.67. The van der Waals surface area contributed by atoms with Crippen molar-refractivity contribution in [3.05, 3.63) is 22.4 Å². The number of carbonyl (C=O) groups is 3. The molecule has 0 aliphatic heterocycles. The zero-order chi connectivity index (χ0) is 16.7. The highest BCUT2D eigenvalue weighted by Gasteiger charge is 2.30. The van der Waals surface area contributed by atoms with Gasteiger partial charge >= 0.3 is 5.97 Å². The molecular formula is C16H22N2O4S. The van der Waals surface area contributed by atoms with Crippen LogP contribution < -0.4 is 10.6 Å². The maximum Gasteiger partial charge on any atom is 0.308 e. The van der Waals surface area contributed by atoms with Crippen molar-refractivity contribution in [1.29, 1.82) is 0 Å². The summed E-state index contributed by atoms with van der Waals surface area (Å²) in [5.74, 6) is -1.76. The molecule has 6 nitrogen and oxygen atoms in total. The van der Waals surface area contributed by atoms with E-state index in [9.17, 15) is 19.5 Å². The first-order valence-corrected chi connectivity index (χ1v) is 8.80. The van der Waals surface area contributed by atoms with Gasteiger partial charge in [0, 0.05) is 19.0 Å². The lowest BCUT2D eigenvalue weighted by Crippen LogP contribution is -2.43.